The first kappa shape index (κ1) is 19.2. The summed E-state index contributed by atoms with van der Waals surface area (Å²) >= 11 is 0. The third kappa shape index (κ3) is 6.05. The van der Waals surface area contributed by atoms with E-state index in [2.05, 4.69) is 10.6 Å². The predicted molar refractivity (Wildman–Crippen MR) is 102 cm³/mol. The molecule has 6 heteroatoms. The molecule has 0 saturated heterocycles. The zero-order chi connectivity index (χ0) is 19.1. The standard InChI is InChI=1S/C20H23N3O3/c1-14-4-6-17(7-5-14)12-23(16(3)25)13-20(26)22-19-10-8-18(9-11-19)21-15(2)24/h4-11H,12-13H2,1-3H3,(H,21,24)(H,22,26). The maximum absolute atomic E-state index is 12.3. The van der Waals surface area contributed by atoms with Crippen molar-refractivity contribution in [2.75, 3.05) is 17.2 Å². The van der Waals surface area contributed by atoms with E-state index >= 15 is 0 Å². The number of nitrogens with zero attached hydrogens (tertiary/aromatic N) is 1. The fourth-order valence-corrected chi connectivity index (χ4v) is 2.41. The Kier molecular flexibility index (Phi) is 6.49. The van der Waals surface area contributed by atoms with Gasteiger partial charge < -0.3 is 15.5 Å². The van der Waals surface area contributed by atoms with Crippen molar-refractivity contribution in [3.63, 3.8) is 0 Å². The Labute approximate surface area is 153 Å². The zero-order valence-electron chi connectivity index (χ0n) is 15.2. The normalized spacial score (nSPS) is 10.1. The van der Waals surface area contributed by atoms with E-state index < -0.39 is 0 Å². The molecule has 2 rings (SSSR count). The molecule has 0 aliphatic heterocycles. The molecule has 0 aromatic heterocycles. The quantitative estimate of drug-likeness (QED) is 0.838. The van der Waals surface area contributed by atoms with Crippen LogP contribution in [0.15, 0.2) is 48.5 Å². The summed E-state index contributed by atoms with van der Waals surface area (Å²) in [5, 5.41) is 5.42. The minimum Gasteiger partial charge on any atom is -0.329 e. The number of hydrogen-bond donors (Lipinski definition) is 2. The molecule has 0 bridgehead atoms. The topological polar surface area (TPSA) is 78.5 Å². The number of rotatable bonds is 6. The molecular weight excluding hydrogens is 330 g/mol. The number of amides is 3. The second kappa shape index (κ2) is 8.80. The van der Waals surface area contributed by atoms with E-state index in [0.29, 0.717) is 17.9 Å². The van der Waals surface area contributed by atoms with Crippen molar-refractivity contribution < 1.29 is 14.4 Å². The highest BCUT2D eigenvalue weighted by atomic mass is 16.2. The number of aryl methyl sites for hydroxylation is 1. The van der Waals surface area contributed by atoms with Crippen molar-refractivity contribution in [3.8, 4) is 0 Å². The van der Waals surface area contributed by atoms with Gasteiger partial charge in [0.2, 0.25) is 17.7 Å². The van der Waals surface area contributed by atoms with Crippen LogP contribution < -0.4 is 10.6 Å². The van der Waals surface area contributed by atoms with Crippen LogP contribution in [-0.4, -0.2) is 29.2 Å². The lowest BCUT2D eigenvalue weighted by Crippen LogP contribution is -2.36. The van der Waals surface area contributed by atoms with Crippen LogP contribution in [0.1, 0.15) is 25.0 Å². The van der Waals surface area contributed by atoms with Crippen LogP contribution in [0.25, 0.3) is 0 Å². The molecule has 0 unspecified atom stereocenters. The summed E-state index contributed by atoms with van der Waals surface area (Å²) in [6.07, 6.45) is 0. The fraction of sp³-hybridized carbons (Fsp3) is 0.250. The number of nitrogens with one attached hydrogen (secondary N) is 2. The number of carbonyl (C=O) groups excluding carboxylic acids is 3. The van der Waals surface area contributed by atoms with Crippen LogP contribution in [0.2, 0.25) is 0 Å². The van der Waals surface area contributed by atoms with Crippen molar-refractivity contribution in [1.82, 2.24) is 4.90 Å². The maximum atomic E-state index is 12.3. The largest absolute Gasteiger partial charge is 0.329 e. The smallest absolute Gasteiger partial charge is 0.244 e. The van der Waals surface area contributed by atoms with Crippen molar-refractivity contribution >= 4 is 29.1 Å². The lowest BCUT2D eigenvalue weighted by atomic mass is 10.1. The van der Waals surface area contributed by atoms with E-state index in [-0.39, 0.29) is 24.3 Å². The summed E-state index contributed by atoms with van der Waals surface area (Å²) in [7, 11) is 0. The summed E-state index contributed by atoms with van der Waals surface area (Å²) in [6, 6.07) is 14.6. The fourth-order valence-electron chi connectivity index (χ4n) is 2.41. The summed E-state index contributed by atoms with van der Waals surface area (Å²) in [4.78, 5) is 36.6. The Bertz CT molecular complexity index is 783. The average molecular weight is 353 g/mol. The number of hydrogen-bond acceptors (Lipinski definition) is 3. The highest BCUT2D eigenvalue weighted by molar-refractivity contribution is 5.95. The Morgan fingerprint density at radius 2 is 1.38 bits per heavy atom. The number of anilines is 2. The van der Waals surface area contributed by atoms with E-state index in [1.807, 2.05) is 31.2 Å². The molecule has 136 valence electrons. The second-order valence-corrected chi connectivity index (χ2v) is 6.17. The van der Waals surface area contributed by atoms with Crippen molar-refractivity contribution in [2.45, 2.75) is 27.3 Å². The van der Waals surface area contributed by atoms with Gasteiger partial charge in [-0.25, -0.2) is 0 Å². The average Bonchev–Trinajstić information content (AvgIpc) is 2.57. The molecule has 0 saturated carbocycles. The Morgan fingerprint density at radius 1 is 0.846 bits per heavy atom. The van der Waals surface area contributed by atoms with Crippen LogP contribution in [0.4, 0.5) is 11.4 Å². The molecule has 6 nitrogen and oxygen atoms in total. The lowest BCUT2D eigenvalue weighted by Gasteiger charge is -2.21. The molecule has 2 aromatic carbocycles. The van der Waals surface area contributed by atoms with E-state index in [0.717, 1.165) is 11.1 Å². The highest BCUT2D eigenvalue weighted by Crippen LogP contribution is 2.14. The molecule has 0 heterocycles. The van der Waals surface area contributed by atoms with Gasteiger partial charge in [-0.05, 0) is 36.8 Å². The molecule has 0 spiro atoms. The highest BCUT2D eigenvalue weighted by Gasteiger charge is 2.14. The van der Waals surface area contributed by atoms with Gasteiger partial charge in [0.1, 0.15) is 6.54 Å². The molecule has 3 amide bonds. The van der Waals surface area contributed by atoms with Gasteiger partial charge in [0.15, 0.2) is 0 Å². The molecule has 0 aliphatic carbocycles. The van der Waals surface area contributed by atoms with Crippen molar-refractivity contribution in [1.29, 1.82) is 0 Å². The predicted octanol–water partition coefficient (Wildman–Crippen LogP) is 2.94. The van der Waals surface area contributed by atoms with Gasteiger partial charge in [0, 0.05) is 31.8 Å². The van der Waals surface area contributed by atoms with Gasteiger partial charge in [-0.15, -0.1) is 0 Å². The summed E-state index contributed by atoms with van der Waals surface area (Å²) < 4.78 is 0. The molecule has 2 N–H and O–H groups in total. The summed E-state index contributed by atoms with van der Waals surface area (Å²) in [5.74, 6) is -0.601. The molecule has 0 atom stereocenters. The SMILES string of the molecule is CC(=O)Nc1ccc(NC(=O)CN(Cc2ccc(C)cc2)C(C)=O)cc1. The van der Waals surface area contributed by atoms with Crippen LogP contribution in [0.5, 0.6) is 0 Å². The minimum atomic E-state index is -0.278. The summed E-state index contributed by atoms with van der Waals surface area (Å²) in [6.45, 7) is 5.22. The zero-order valence-corrected chi connectivity index (χ0v) is 15.2. The second-order valence-electron chi connectivity index (χ2n) is 6.17. The van der Waals surface area contributed by atoms with Crippen molar-refractivity contribution in [2.24, 2.45) is 0 Å². The molecule has 0 aliphatic rings. The Hall–Kier alpha value is -3.15. The van der Waals surface area contributed by atoms with Gasteiger partial charge in [-0.1, -0.05) is 29.8 Å². The van der Waals surface area contributed by atoms with E-state index in [1.54, 1.807) is 24.3 Å². The van der Waals surface area contributed by atoms with Crippen LogP contribution in [-0.2, 0) is 20.9 Å². The first-order valence-corrected chi connectivity index (χ1v) is 8.32. The van der Waals surface area contributed by atoms with Gasteiger partial charge in [0.25, 0.3) is 0 Å². The lowest BCUT2D eigenvalue weighted by molar-refractivity contribution is -0.133. The van der Waals surface area contributed by atoms with E-state index in [1.165, 1.54) is 18.7 Å². The maximum Gasteiger partial charge on any atom is 0.244 e. The first-order valence-electron chi connectivity index (χ1n) is 8.32. The summed E-state index contributed by atoms with van der Waals surface area (Å²) in [5.41, 5.74) is 3.37. The van der Waals surface area contributed by atoms with Crippen molar-refractivity contribution in [3.05, 3.63) is 59.7 Å². The number of carbonyl (C=O) groups is 3. The molecule has 26 heavy (non-hydrogen) atoms. The third-order valence-electron chi connectivity index (χ3n) is 3.76. The Morgan fingerprint density at radius 3 is 1.88 bits per heavy atom. The molecule has 0 radical (unpaired) electrons. The first-order chi connectivity index (χ1) is 12.3. The van der Waals surface area contributed by atoms with Gasteiger partial charge in [-0.3, -0.25) is 14.4 Å². The van der Waals surface area contributed by atoms with Crippen LogP contribution in [0.3, 0.4) is 0 Å². The van der Waals surface area contributed by atoms with Gasteiger partial charge in [-0.2, -0.15) is 0 Å². The third-order valence-corrected chi connectivity index (χ3v) is 3.76. The van der Waals surface area contributed by atoms with Gasteiger partial charge >= 0.3 is 0 Å². The molecule has 2 aromatic rings. The van der Waals surface area contributed by atoms with E-state index in [9.17, 15) is 14.4 Å². The number of benzene rings is 2. The minimum absolute atomic E-state index is 0.0311. The molecule has 0 fully saturated rings. The van der Waals surface area contributed by atoms with Crippen LogP contribution >= 0.6 is 0 Å². The molecular formula is C20H23N3O3. The monoisotopic (exact) mass is 353 g/mol. The van der Waals surface area contributed by atoms with E-state index in [4.69, 9.17) is 0 Å². The Balaban J connectivity index is 1.95. The van der Waals surface area contributed by atoms with Gasteiger partial charge in [0.05, 0.1) is 0 Å². The van der Waals surface area contributed by atoms with Crippen LogP contribution in [0, 0.1) is 6.92 Å².